The maximum atomic E-state index is 12.3. The van der Waals surface area contributed by atoms with E-state index in [0.29, 0.717) is 12.4 Å². The van der Waals surface area contributed by atoms with Gasteiger partial charge in [-0.15, -0.1) is 0 Å². The Morgan fingerprint density at radius 2 is 2.19 bits per heavy atom. The number of aliphatic hydroxyl groups excluding tert-OH is 1. The Morgan fingerprint density at radius 1 is 1.37 bits per heavy atom. The molecular weight excluding hydrogens is 347 g/mol. The second kappa shape index (κ2) is 8.60. The largest absolute Gasteiger partial charge is 0.492 e. The SMILES string of the molecule is CCC[C@H](CO)CC(=O)c1cnc(Oc2ccc3c(c2C)B(O)OC3)cn1. The molecule has 0 saturated heterocycles. The van der Waals surface area contributed by atoms with E-state index in [2.05, 4.69) is 9.97 Å². The number of fused-ring (bicyclic) bond motifs is 1. The van der Waals surface area contributed by atoms with Crippen LogP contribution in [0.25, 0.3) is 0 Å². The molecule has 3 rings (SSSR count). The Labute approximate surface area is 158 Å². The van der Waals surface area contributed by atoms with Crippen LogP contribution >= 0.6 is 0 Å². The number of aromatic nitrogens is 2. The summed E-state index contributed by atoms with van der Waals surface area (Å²) in [5.41, 5.74) is 2.69. The minimum atomic E-state index is -0.947. The minimum absolute atomic E-state index is 0.0125. The number of carbonyl (C=O) groups excluding carboxylic acids is 1. The molecule has 0 saturated carbocycles. The Balaban J connectivity index is 1.70. The van der Waals surface area contributed by atoms with Gasteiger partial charge in [-0.2, -0.15) is 0 Å². The van der Waals surface area contributed by atoms with Gasteiger partial charge in [0.15, 0.2) is 5.78 Å². The maximum Gasteiger partial charge on any atom is 0.492 e. The quantitative estimate of drug-likeness (QED) is 0.539. The number of rotatable bonds is 8. The van der Waals surface area contributed by atoms with Gasteiger partial charge < -0.3 is 19.5 Å². The van der Waals surface area contributed by atoms with E-state index in [-0.39, 0.29) is 36.3 Å². The zero-order valence-corrected chi connectivity index (χ0v) is 15.5. The highest BCUT2D eigenvalue weighted by Gasteiger charge is 2.30. The molecule has 0 bridgehead atoms. The van der Waals surface area contributed by atoms with Gasteiger partial charge in [0.25, 0.3) is 0 Å². The monoisotopic (exact) mass is 370 g/mol. The maximum absolute atomic E-state index is 12.3. The number of ketones is 1. The lowest BCUT2D eigenvalue weighted by Gasteiger charge is -2.12. The van der Waals surface area contributed by atoms with E-state index in [1.165, 1.54) is 12.4 Å². The summed E-state index contributed by atoms with van der Waals surface area (Å²) >= 11 is 0. The van der Waals surface area contributed by atoms with E-state index in [1.54, 1.807) is 6.07 Å². The summed E-state index contributed by atoms with van der Waals surface area (Å²) in [7, 11) is -0.947. The van der Waals surface area contributed by atoms with Crippen LogP contribution in [0.5, 0.6) is 11.6 Å². The van der Waals surface area contributed by atoms with Crippen LogP contribution < -0.4 is 10.2 Å². The summed E-state index contributed by atoms with van der Waals surface area (Å²) in [5.74, 6) is 0.615. The molecule has 0 unspecified atom stereocenters. The molecule has 1 aromatic carbocycles. The number of benzene rings is 1. The molecule has 2 aromatic rings. The van der Waals surface area contributed by atoms with Crippen LogP contribution in [0.2, 0.25) is 0 Å². The summed E-state index contributed by atoms with van der Waals surface area (Å²) in [5, 5.41) is 19.3. The van der Waals surface area contributed by atoms with Gasteiger partial charge in [-0.05, 0) is 41.9 Å². The van der Waals surface area contributed by atoms with Crippen molar-refractivity contribution >= 4 is 18.4 Å². The molecule has 2 N–H and O–H groups in total. The fraction of sp³-hybridized carbons (Fsp3) is 0.421. The van der Waals surface area contributed by atoms with E-state index in [9.17, 15) is 14.9 Å². The van der Waals surface area contributed by atoms with E-state index in [4.69, 9.17) is 9.39 Å². The summed E-state index contributed by atoms with van der Waals surface area (Å²) in [6, 6.07) is 3.65. The predicted molar refractivity (Wildman–Crippen MR) is 100 cm³/mol. The van der Waals surface area contributed by atoms with Gasteiger partial charge in [0.1, 0.15) is 11.4 Å². The number of ether oxygens (including phenoxy) is 1. The lowest BCUT2D eigenvalue weighted by molar-refractivity contribution is 0.0925. The van der Waals surface area contributed by atoms with Crippen molar-refractivity contribution in [3.63, 3.8) is 0 Å². The molecule has 0 amide bonds. The van der Waals surface area contributed by atoms with Gasteiger partial charge in [-0.3, -0.25) is 4.79 Å². The number of nitrogens with zero attached hydrogens (tertiary/aromatic N) is 2. The highest BCUT2D eigenvalue weighted by molar-refractivity contribution is 6.62. The van der Waals surface area contributed by atoms with Crippen molar-refractivity contribution in [3.8, 4) is 11.6 Å². The van der Waals surface area contributed by atoms with Gasteiger partial charge in [0.05, 0.1) is 19.0 Å². The van der Waals surface area contributed by atoms with Crippen LogP contribution in [-0.4, -0.2) is 39.6 Å². The molecular formula is C19H23BN2O5. The third-order valence-corrected chi connectivity index (χ3v) is 4.76. The average Bonchev–Trinajstić information content (AvgIpc) is 3.05. The van der Waals surface area contributed by atoms with Crippen molar-refractivity contribution in [1.29, 1.82) is 0 Å². The second-order valence-electron chi connectivity index (χ2n) is 6.73. The van der Waals surface area contributed by atoms with Gasteiger partial charge >= 0.3 is 7.12 Å². The van der Waals surface area contributed by atoms with Crippen LogP contribution in [0.4, 0.5) is 0 Å². The summed E-state index contributed by atoms with van der Waals surface area (Å²) in [4.78, 5) is 20.6. The smallest absolute Gasteiger partial charge is 0.437 e. The van der Waals surface area contributed by atoms with Crippen LogP contribution in [-0.2, 0) is 11.3 Å². The van der Waals surface area contributed by atoms with Gasteiger partial charge in [-0.1, -0.05) is 19.4 Å². The Kier molecular flexibility index (Phi) is 6.21. The van der Waals surface area contributed by atoms with Crippen molar-refractivity contribution in [2.45, 2.75) is 39.7 Å². The van der Waals surface area contributed by atoms with Crippen molar-refractivity contribution in [2.75, 3.05) is 6.61 Å². The van der Waals surface area contributed by atoms with Gasteiger partial charge in [0.2, 0.25) is 5.88 Å². The molecule has 0 aliphatic carbocycles. The predicted octanol–water partition coefficient (Wildman–Crippen LogP) is 1.78. The minimum Gasteiger partial charge on any atom is -0.437 e. The molecule has 1 aliphatic heterocycles. The molecule has 8 heteroatoms. The highest BCUT2D eigenvalue weighted by atomic mass is 16.5. The van der Waals surface area contributed by atoms with Crippen LogP contribution in [0, 0.1) is 12.8 Å². The van der Waals surface area contributed by atoms with Crippen molar-refractivity contribution in [2.24, 2.45) is 5.92 Å². The number of carbonyl (C=O) groups is 1. The molecule has 1 atom stereocenters. The first-order valence-corrected chi connectivity index (χ1v) is 9.09. The average molecular weight is 370 g/mol. The lowest BCUT2D eigenvalue weighted by Crippen LogP contribution is -2.30. The third kappa shape index (κ3) is 4.35. The molecule has 27 heavy (non-hydrogen) atoms. The normalized spacial score (nSPS) is 14.1. The second-order valence-corrected chi connectivity index (χ2v) is 6.73. The fourth-order valence-electron chi connectivity index (χ4n) is 3.26. The molecule has 142 valence electrons. The van der Waals surface area contributed by atoms with Gasteiger partial charge in [0, 0.05) is 13.0 Å². The third-order valence-electron chi connectivity index (χ3n) is 4.76. The standard InChI is InChI=1S/C19H23BN2O5/c1-3-4-13(10-23)7-16(24)15-8-22-18(9-21-15)27-17-6-5-14-11-26-20(25)19(14)12(17)2/h5-6,8-9,13,23,25H,3-4,7,10-11H2,1-2H3/t13-/m0/s1. The summed E-state index contributed by atoms with van der Waals surface area (Å²) in [6.07, 6.45) is 4.75. The molecule has 7 nitrogen and oxygen atoms in total. The van der Waals surface area contributed by atoms with Crippen molar-refractivity contribution < 1.29 is 24.3 Å². The summed E-state index contributed by atoms with van der Waals surface area (Å²) in [6.45, 7) is 4.23. The molecule has 0 spiro atoms. The van der Waals surface area contributed by atoms with Gasteiger partial charge in [-0.25, -0.2) is 9.97 Å². The number of aliphatic hydroxyl groups is 1. The van der Waals surface area contributed by atoms with Crippen molar-refractivity contribution in [3.05, 3.63) is 41.3 Å². The first-order chi connectivity index (χ1) is 13.0. The Bertz CT molecular complexity index is 812. The molecule has 1 aromatic heterocycles. The van der Waals surface area contributed by atoms with E-state index < -0.39 is 7.12 Å². The lowest BCUT2D eigenvalue weighted by atomic mass is 9.76. The number of Topliss-reactive ketones (excluding diaryl/α,β-unsaturated/α-hetero) is 1. The molecule has 1 aliphatic rings. The van der Waals surface area contributed by atoms with Crippen LogP contribution in [0.3, 0.4) is 0 Å². The van der Waals surface area contributed by atoms with E-state index in [0.717, 1.165) is 29.4 Å². The first-order valence-electron chi connectivity index (χ1n) is 9.09. The molecule has 2 heterocycles. The highest BCUT2D eigenvalue weighted by Crippen LogP contribution is 2.26. The van der Waals surface area contributed by atoms with Crippen LogP contribution in [0.15, 0.2) is 24.5 Å². The van der Waals surface area contributed by atoms with E-state index in [1.807, 2.05) is 19.9 Å². The summed E-state index contributed by atoms with van der Waals surface area (Å²) < 4.78 is 11.0. The zero-order valence-electron chi connectivity index (χ0n) is 15.5. The first kappa shape index (κ1) is 19.5. The molecule has 0 radical (unpaired) electrons. The molecule has 0 fully saturated rings. The van der Waals surface area contributed by atoms with E-state index >= 15 is 0 Å². The topological polar surface area (TPSA) is 102 Å². The number of hydrogen-bond donors (Lipinski definition) is 2. The Hall–Kier alpha value is -2.29. The number of hydrogen-bond acceptors (Lipinski definition) is 7. The zero-order chi connectivity index (χ0) is 19.4. The van der Waals surface area contributed by atoms with Crippen LogP contribution in [0.1, 0.15) is 47.8 Å². The fourth-order valence-corrected chi connectivity index (χ4v) is 3.26. The van der Waals surface area contributed by atoms with Crippen molar-refractivity contribution in [1.82, 2.24) is 9.97 Å². The Morgan fingerprint density at radius 3 is 2.85 bits per heavy atom.